The summed E-state index contributed by atoms with van der Waals surface area (Å²) in [6.45, 7) is 3.13. The van der Waals surface area contributed by atoms with Crippen LogP contribution in [0.15, 0.2) is 48.8 Å². The lowest BCUT2D eigenvalue weighted by Gasteiger charge is -2.21. The van der Waals surface area contributed by atoms with E-state index in [0.29, 0.717) is 47.0 Å². The van der Waals surface area contributed by atoms with Crippen molar-refractivity contribution in [1.29, 1.82) is 0 Å². The van der Waals surface area contributed by atoms with Crippen molar-refractivity contribution < 1.29 is 13.9 Å². The number of carbonyl (C=O) groups excluding carboxylic acids is 1. The molecule has 9 heteroatoms. The third-order valence-corrected chi connectivity index (χ3v) is 5.49. The maximum atomic E-state index is 15.0. The lowest BCUT2D eigenvalue weighted by molar-refractivity contribution is -0.117. The van der Waals surface area contributed by atoms with Crippen molar-refractivity contribution in [1.82, 2.24) is 15.0 Å². The summed E-state index contributed by atoms with van der Waals surface area (Å²) < 4.78 is 20.6. The van der Waals surface area contributed by atoms with Gasteiger partial charge in [-0.2, -0.15) is 0 Å². The van der Waals surface area contributed by atoms with Crippen molar-refractivity contribution in [2.45, 2.75) is 13.3 Å². The molecule has 166 valence electrons. The monoisotopic (exact) mass is 444 g/mol. The molecule has 0 spiro atoms. The van der Waals surface area contributed by atoms with Gasteiger partial charge in [-0.25, -0.2) is 19.3 Å². The number of rotatable bonds is 5. The first-order valence-electron chi connectivity index (χ1n) is 10.4. The molecule has 0 fully saturated rings. The van der Waals surface area contributed by atoms with Crippen LogP contribution < -0.4 is 21.1 Å². The van der Waals surface area contributed by atoms with Crippen LogP contribution >= 0.6 is 0 Å². The molecule has 2 aromatic heterocycles. The summed E-state index contributed by atoms with van der Waals surface area (Å²) in [6, 6.07) is 10.4. The zero-order valence-corrected chi connectivity index (χ0v) is 17.9. The van der Waals surface area contributed by atoms with Gasteiger partial charge in [0.2, 0.25) is 17.7 Å². The maximum Gasteiger partial charge on any atom is 0.237 e. The van der Waals surface area contributed by atoms with E-state index in [9.17, 15) is 4.79 Å². The number of fused-ring (bicyclic) bond motifs is 2. The number of benzene rings is 2. The standard InChI is InChI=1S/C24H21FN6O2/c1-13-18(12-28-23-22(13)27-6-7-33-23)17-10-20-15(9-19(17)25)11-29-24(31-20)30-16-4-2-14(3-5-16)8-21(26)32/h2-5,9-12,27H,6-8H2,1H3,(H2,26,32)(H,29,30,31). The first-order valence-corrected chi connectivity index (χ1v) is 10.4. The fourth-order valence-electron chi connectivity index (χ4n) is 3.85. The van der Waals surface area contributed by atoms with E-state index in [1.807, 2.05) is 31.2 Å². The molecule has 8 nitrogen and oxygen atoms in total. The van der Waals surface area contributed by atoms with Crippen molar-refractivity contribution >= 4 is 34.1 Å². The molecule has 0 aliphatic carbocycles. The predicted molar refractivity (Wildman–Crippen MR) is 124 cm³/mol. The summed E-state index contributed by atoms with van der Waals surface area (Å²) >= 11 is 0. The first-order chi connectivity index (χ1) is 16.0. The number of hydrogen-bond acceptors (Lipinski definition) is 7. The number of carbonyl (C=O) groups is 1. The molecule has 0 radical (unpaired) electrons. The van der Waals surface area contributed by atoms with Crippen molar-refractivity contribution in [2.75, 3.05) is 23.8 Å². The molecule has 1 aliphatic rings. The second-order valence-electron chi connectivity index (χ2n) is 7.80. The number of halogens is 1. The predicted octanol–water partition coefficient (Wildman–Crippen LogP) is 3.72. The van der Waals surface area contributed by atoms with Gasteiger partial charge in [0.05, 0.1) is 11.9 Å². The Morgan fingerprint density at radius 3 is 2.79 bits per heavy atom. The summed E-state index contributed by atoms with van der Waals surface area (Å²) in [5.74, 6) is 0.139. The number of hydrogen-bond donors (Lipinski definition) is 3. The molecule has 1 amide bonds. The average Bonchev–Trinajstić information content (AvgIpc) is 2.80. The summed E-state index contributed by atoms with van der Waals surface area (Å²) in [6.07, 6.45) is 3.38. The van der Waals surface area contributed by atoms with Crippen molar-refractivity contribution in [2.24, 2.45) is 5.73 Å². The Balaban J connectivity index is 1.48. The van der Waals surface area contributed by atoms with Gasteiger partial charge in [0.15, 0.2) is 0 Å². The average molecular weight is 444 g/mol. The van der Waals surface area contributed by atoms with Crippen molar-refractivity contribution in [3.63, 3.8) is 0 Å². The lowest BCUT2D eigenvalue weighted by atomic mass is 9.99. The third-order valence-electron chi connectivity index (χ3n) is 5.49. The third kappa shape index (κ3) is 4.12. The van der Waals surface area contributed by atoms with Gasteiger partial charge in [-0.05, 0) is 42.3 Å². The maximum absolute atomic E-state index is 15.0. The SMILES string of the molecule is Cc1c(-c2cc3nc(Nc4ccc(CC(N)=O)cc4)ncc3cc2F)cnc2c1NCCO2. The van der Waals surface area contributed by atoms with E-state index in [0.717, 1.165) is 22.5 Å². The zero-order valence-electron chi connectivity index (χ0n) is 17.9. The van der Waals surface area contributed by atoms with E-state index in [2.05, 4.69) is 25.6 Å². The van der Waals surface area contributed by atoms with E-state index >= 15 is 4.39 Å². The highest BCUT2D eigenvalue weighted by Gasteiger charge is 2.19. The van der Waals surface area contributed by atoms with Crippen LogP contribution in [0.1, 0.15) is 11.1 Å². The molecular formula is C24H21FN6O2. The van der Waals surface area contributed by atoms with E-state index < -0.39 is 0 Å². The Kier molecular flexibility index (Phi) is 5.21. The Labute approximate surface area is 189 Å². The highest BCUT2D eigenvalue weighted by Crippen LogP contribution is 2.37. The van der Waals surface area contributed by atoms with Crippen molar-refractivity contribution in [3.8, 4) is 17.0 Å². The molecule has 0 saturated heterocycles. The quantitative estimate of drug-likeness (QED) is 0.430. The van der Waals surface area contributed by atoms with Gasteiger partial charge in [-0.3, -0.25) is 4.79 Å². The van der Waals surface area contributed by atoms with E-state index in [-0.39, 0.29) is 18.1 Å². The summed E-state index contributed by atoms with van der Waals surface area (Å²) in [4.78, 5) is 24.3. The molecule has 33 heavy (non-hydrogen) atoms. The lowest BCUT2D eigenvalue weighted by Crippen LogP contribution is -2.20. The highest BCUT2D eigenvalue weighted by molar-refractivity contribution is 5.87. The number of nitrogens with zero attached hydrogens (tertiary/aromatic N) is 3. The summed E-state index contributed by atoms with van der Waals surface area (Å²) in [5.41, 5.74) is 10.1. The van der Waals surface area contributed by atoms with E-state index in [4.69, 9.17) is 10.5 Å². The molecule has 0 unspecified atom stereocenters. The van der Waals surface area contributed by atoms with Gasteiger partial charge in [0.25, 0.3) is 0 Å². The number of nitrogens with one attached hydrogen (secondary N) is 2. The van der Waals surface area contributed by atoms with Gasteiger partial charge in [0, 0.05) is 41.1 Å². The van der Waals surface area contributed by atoms with Gasteiger partial charge < -0.3 is 21.1 Å². The molecule has 4 N–H and O–H groups in total. The summed E-state index contributed by atoms with van der Waals surface area (Å²) in [5, 5.41) is 7.00. The highest BCUT2D eigenvalue weighted by atomic mass is 19.1. The molecule has 2 aromatic carbocycles. The van der Waals surface area contributed by atoms with Crippen LogP contribution in [0, 0.1) is 12.7 Å². The minimum atomic E-state index is -0.385. The van der Waals surface area contributed by atoms with Crippen molar-refractivity contribution in [3.05, 3.63) is 65.7 Å². The molecule has 0 bridgehead atoms. The number of anilines is 3. The number of amides is 1. The van der Waals surface area contributed by atoms with Crippen LogP contribution in [0.2, 0.25) is 0 Å². The Morgan fingerprint density at radius 1 is 1.18 bits per heavy atom. The van der Waals surface area contributed by atoms with E-state index in [1.54, 1.807) is 18.5 Å². The molecule has 3 heterocycles. The first kappa shape index (κ1) is 20.6. The minimum Gasteiger partial charge on any atom is -0.474 e. The van der Waals surface area contributed by atoms with Crippen LogP contribution in [0.5, 0.6) is 5.88 Å². The van der Waals surface area contributed by atoms with Crippen LogP contribution in [0.25, 0.3) is 22.0 Å². The largest absolute Gasteiger partial charge is 0.474 e. The van der Waals surface area contributed by atoms with Crippen LogP contribution in [-0.2, 0) is 11.2 Å². The fourth-order valence-corrected chi connectivity index (χ4v) is 3.85. The zero-order chi connectivity index (χ0) is 22.9. The van der Waals surface area contributed by atoms with Crippen LogP contribution in [-0.4, -0.2) is 34.0 Å². The number of aromatic nitrogens is 3. The number of ether oxygens (including phenoxy) is 1. The Bertz CT molecular complexity index is 1370. The van der Waals surface area contributed by atoms with Crippen LogP contribution in [0.4, 0.5) is 21.7 Å². The van der Waals surface area contributed by atoms with Gasteiger partial charge in [-0.15, -0.1) is 0 Å². The second-order valence-corrected chi connectivity index (χ2v) is 7.80. The normalized spacial score (nSPS) is 12.5. The molecular weight excluding hydrogens is 423 g/mol. The topological polar surface area (TPSA) is 115 Å². The number of primary amides is 1. The van der Waals surface area contributed by atoms with Crippen LogP contribution in [0.3, 0.4) is 0 Å². The van der Waals surface area contributed by atoms with Gasteiger partial charge in [0.1, 0.15) is 18.1 Å². The number of pyridine rings is 1. The Hall–Kier alpha value is -4.27. The second kappa shape index (κ2) is 8.34. The minimum absolute atomic E-state index is 0.180. The summed E-state index contributed by atoms with van der Waals surface area (Å²) in [7, 11) is 0. The van der Waals surface area contributed by atoms with Gasteiger partial charge in [-0.1, -0.05) is 12.1 Å². The molecule has 5 rings (SSSR count). The molecule has 4 aromatic rings. The number of nitrogens with two attached hydrogens (primary N) is 1. The molecule has 0 atom stereocenters. The molecule has 1 aliphatic heterocycles. The smallest absolute Gasteiger partial charge is 0.237 e. The van der Waals surface area contributed by atoms with E-state index in [1.165, 1.54) is 6.07 Å². The molecule has 0 saturated carbocycles. The fraction of sp³-hybridized carbons (Fsp3) is 0.167. The Morgan fingerprint density at radius 2 is 2.00 bits per heavy atom. The van der Waals surface area contributed by atoms with Gasteiger partial charge >= 0.3 is 0 Å².